The average molecular weight is 361 g/mol. The summed E-state index contributed by atoms with van der Waals surface area (Å²) in [6.45, 7) is 0.284. The number of carbonyl (C=O) groups is 1. The monoisotopic (exact) mass is 361 g/mol. The van der Waals surface area contributed by atoms with Crippen molar-refractivity contribution >= 4 is 11.7 Å². The summed E-state index contributed by atoms with van der Waals surface area (Å²) in [6, 6.07) is 25.7. The molecule has 0 spiro atoms. The standard InChI is InChI=1S/C23H23NO3/c1-24-21-9-5-8-20(15-21)19-12-10-17(11-13-19)14-22(23(25)26)27-16-18-6-3-2-4-7-18/h2-13,15,22,24H,14,16H2,1H3,(H,25,26). The second kappa shape index (κ2) is 9.01. The van der Waals surface area contributed by atoms with E-state index in [1.807, 2.05) is 73.8 Å². The van der Waals surface area contributed by atoms with E-state index in [-0.39, 0.29) is 6.61 Å². The molecule has 0 bridgehead atoms. The highest BCUT2D eigenvalue weighted by Crippen LogP contribution is 2.23. The molecule has 0 saturated heterocycles. The van der Waals surface area contributed by atoms with E-state index in [1.54, 1.807) is 0 Å². The molecule has 2 N–H and O–H groups in total. The maximum absolute atomic E-state index is 11.6. The highest BCUT2D eigenvalue weighted by Gasteiger charge is 2.18. The van der Waals surface area contributed by atoms with Gasteiger partial charge in [-0.05, 0) is 34.4 Å². The Hall–Kier alpha value is -3.11. The van der Waals surface area contributed by atoms with Gasteiger partial charge in [-0.1, -0.05) is 66.7 Å². The van der Waals surface area contributed by atoms with Gasteiger partial charge in [0.2, 0.25) is 0 Å². The Morgan fingerprint density at radius 3 is 2.33 bits per heavy atom. The van der Waals surface area contributed by atoms with Gasteiger partial charge < -0.3 is 15.2 Å². The molecule has 1 atom stereocenters. The zero-order valence-electron chi connectivity index (χ0n) is 15.3. The molecule has 0 aliphatic rings. The largest absolute Gasteiger partial charge is 0.479 e. The van der Waals surface area contributed by atoms with E-state index in [1.165, 1.54) is 0 Å². The molecule has 1 unspecified atom stereocenters. The summed E-state index contributed by atoms with van der Waals surface area (Å²) in [4.78, 5) is 11.6. The van der Waals surface area contributed by atoms with E-state index >= 15 is 0 Å². The molecule has 4 heteroatoms. The van der Waals surface area contributed by atoms with Crippen molar-refractivity contribution in [2.75, 3.05) is 12.4 Å². The minimum absolute atomic E-state index is 0.284. The fourth-order valence-electron chi connectivity index (χ4n) is 2.89. The number of aliphatic carboxylic acids is 1. The van der Waals surface area contributed by atoms with Gasteiger partial charge in [0, 0.05) is 19.2 Å². The Labute approximate surface area is 159 Å². The molecule has 3 aromatic rings. The number of nitrogens with one attached hydrogen (secondary N) is 1. The fourth-order valence-corrected chi connectivity index (χ4v) is 2.89. The lowest BCUT2D eigenvalue weighted by atomic mass is 10.0. The van der Waals surface area contributed by atoms with Crippen molar-refractivity contribution in [1.82, 2.24) is 0 Å². The van der Waals surface area contributed by atoms with Crippen molar-refractivity contribution in [3.63, 3.8) is 0 Å². The Balaban J connectivity index is 1.66. The zero-order valence-corrected chi connectivity index (χ0v) is 15.3. The molecule has 0 fully saturated rings. The molecule has 0 radical (unpaired) electrons. The van der Waals surface area contributed by atoms with E-state index in [0.29, 0.717) is 6.42 Å². The smallest absolute Gasteiger partial charge is 0.333 e. The van der Waals surface area contributed by atoms with E-state index in [9.17, 15) is 9.90 Å². The first-order valence-electron chi connectivity index (χ1n) is 8.91. The van der Waals surface area contributed by atoms with Crippen molar-refractivity contribution in [2.45, 2.75) is 19.1 Å². The maximum Gasteiger partial charge on any atom is 0.333 e. The highest BCUT2D eigenvalue weighted by molar-refractivity contribution is 5.73. The number of carboxylic acids is 1. The van der Waals surface area contributed by atoms with Gasteiger partial charge in [0.15, 0.2) is 6.10 Å². The molecule has 3 aromatic carbocycles. The first kappa shape index (κ1) is 18.7. The fraction of sp³-hybridized carbons (Fsp3) is 0.174. The lowest BCUT2D eigenvalue weighted by Crippen LogP contribution is -2.26. The quantitative estimate of drug-likeness (QED) is 0.615. The first-order chi connectivity index (χ1) is 13.2. The molecule has 3 rings (SSSR count). The van der Waals surface area contributed by atoms with Gasteiger partial charge in [0.1, 0.15) is 0 Å². The van der Waals surface area contributed by atoms with Crippen LogP contribution in [0.25, 0.3) is 11.1 Å². The summed E-state index contributed by atoms with van der Waals surface area (Å²) in [7, 11) is 1.89. The molecular formula is C23H23NO3. The zero-order chi connectivity index (χ0) is 19.1. The Morgan fingerprint density at radius 1 is 0.926 bits per heavy atom. The Morgan fingerprint density at radius 2 is 1.67 bits per heavy atom. The molecule has 27 heavy (non-hydrogen) atoms. The normalized spacial score (nSPS) is 11.7. The molecule has 0 amide bonds. The minimum Gasteiger partial charge on any atom is -0.479 e. The Bertz CT molecular complexity index is 876. The summed E-state index contributed by atoms with van der Waals surface area (Å²) >= 11 is 0. The van der Waals surface area contributed by atoms with E-state index in [4.69, 9.17) is 4.74 Å². The first-order valence-corrected chi connectivity index (χ1v) is 8.91. The number of hydrogen-bond acceptors (Lipinski definition) is 3. The van der Waals surface area contributed by atoms with Crippen LogP contribution in [0, 0.1) is 0 Å². The summed E-state index contributed by atoms with van der Waals surface area (Å²) in [5, 5.41) is 12.6. The van der Waals surface area contributed by atoms with Gasteiger partial charge in [0.25, 0.3) is 0 Å². The lowest BCUT2D eigenvalue weighted by molar-refractivity contribution is -0.151. The predicted molar refractivity (Wildman–Crippen MR) is 108 cm³/mol. The number of ether oxygens (including phenoxy) is 1. The van der Waals surface area contributed by atoms with Crippen LogP contribution >= 0.6 is 0 Å². The van der Waals surface area contributed by atoms with Gasteiger partial charge in [-0.15, -0.1) is 0 Å². The molecule has 138 valence electrons. The third-order valence-electron chi connectivity index (χ3n) is 4.43. The third kappa shape index (κ3) is 5.19. The molecule has 0 aromatic heterocycles. The highest BCUT2D eigenvalue weighted by atomic mass is 16.5. The van der Waals surface area contributed by atoms with Crippen LogP contribution in [-0.2, 0) is 22.6 Å². The minimum atomic E-state index is -0.947. The van der Waals surface area contributed by atoms with Crippen LogP contribution < -0.4 is 5.32 Å². The van der Waals surface area contributed by atoms with Gasteiger partial charge in [-0.25, -0.2) is 4.79 Å². The molecule has 4 nitrogen and oxygen atoms in total. The van der Waals surface area contributed by atoms with Crippen molar-refractivity contribution < 1.29 is 14.6 Å². The summed E-state index contributed by atoms with van der Waals surface area (Å²) in [5.74, 6) is -0.947. The second-order valence-electron chi connectivity index (χ2n) is 6.36. The third-order valence-corrected chi connectivity index (χ3v) is 4.43. The van der Waals surface area contributed by atoms with Crippen molar-refractivity contribution in [1.29, 1.82) is 0 Å². The number of rotatable bonds is 8. The van der Waals surface area contributed by atoms with Crippen LogP contribution in [0.5, 0.6) is 0 Å². The topological polar surface area (TPSA) is 58.6 Å². The van der Waals surface area contributed by atoms with Crippen molar-refractivity contribution in [2.24, 2.45) is 0 Å². The van der Waals surface area contributed by atoms with Gasteiger partial charge >= 0.3 is 5.97 Å². The van der Waals surface area contributed by atoms with Crippen LogP contribution in [0.15, 0.2) is 78.9 Å². The van der Waals surface area contributed by atoms with Crippen molar-refractivity contribution in [3.8, 4) is 11.1 Å². The molecule has 0 aliphatic heterocycles. The summed E-state index contributed by atoms with van der Waals surface area (Å²) in [6.07, 6.45) is -0.539. The van der Waals surface area contributed by atoms with Crippen LogP contribution in [0.4, 0.5) is 5.69 Å². The number of anilines is 1. The van der Waals surface area contributed by atoms with Crippen LogP contribution in [0.2, 0.25) is 0 Å². The number of benzene rings is 3. The number of hydrogen-bond donors (Lipinski definition) is 2. The number of carboxylic acid groups (broad SMARTS) is 1. The molecule has 0 heterocycles. The summed E-state index contributed by atoms with van der Waals surface area (Å²) in [5.41, 5.74) is 5.15. The van der Waals surface area contributed by atoms with Crippen LogP contribution in [0.3, 0.4) is 0 Å². The van der Waals surface area contributed by atoms with Gasteiger partial charge in [0.05, 0.1) is 6.61 Å². The van der Waals surface area contributed by atoms with Crippen molar-refractivity contribution in [3.05, 3.63) is 90.0 Å². The molecular weight excluding hydrogens is 338 g/mol. The Kier molecular flexibility index (Phi) is 6.23. The van der Waals surface area contributed by atoms with Gasteiger partial charge in [-0.3, -0.25) is 0 Å². The van der Waals surface area contributed by atoms with Crippen LogP contribution in [0.1, 0.15) is 11.1 Å². The molecule has 0 aliphatic carbocycles. The molecule has 0 saturated carbocycles. The predicted octanol–water partition coefficient (Wildman–Crippen LogP) is 4.61. The van der Waals surface area contributed by atoms with Crippen LogP contribution in [-0.4, -0.2) is 24.2 Å². The average Bonchev–Trinajstić information content (AvgIpc) is 2.72. The van der Waals surface area contributed by atoms with Gasteiger partial charge in [-0.2, -0.15) is 0 Å². The van der Waals surface area contributed by atoms with E-state index in [0.717, 1.165) is 27.9 Å². The maximum atomic E-state index is 11.6. The lowest BCUT2D eigenvalue weighted by Gasteiger charge is -2.14. The SMILES string of the molecule is CNc1cccc(-c2ccc(CC(OCc3ccccc3)C(=O)O)cc2)c1. The summed E-state index contributed by atoms with van der Waals surface area (Å²) < 4.78 is 5.63. The van der Waals surface area contributed by atoms with E-state index in [2.05, 4.69) is 17.4 Å². The van der Waals surface area contributed by atoms with E-state index < -0.39 is 12.1 Å². The second-order valence-corrected chi connectivity index (χ2v) is 6.36.